The molecule has 0 spiro atoms. The summed E-state index contributed by atoms with van der Waals surface area (Å²) in [5.41, 5.74) is 5.85. The van der Waals surface area contributed by atoms with Gasteiger partial charge in [-0.05, 0) is 60.4 Å². The van der Waals surface area contributed by atoms with E-state index in [-0.39, 0.29) is 11.0 Å². The molecule has 0 aliphatic carbocycles. The summed E-state index contributed by atoms with van der Waals surface area (Å²) in [6.07, 6.45) is 4.23. The Balaban J connectivity index is 1.77. The first kappa shape index (κ1) is 21.3. The molecule has 9 heteroatoms. The molecule has 1 heterocycles. The van der Waals surface area contributed by atoms with E-state index in [2.05, 4.69) is 21.5 Å². The number of hydrazine groups is 1. The van der Waals surface area contributed by atoms with Crippen LogP contribution in [-0.2, 0) is 9.59 Å². The molecule has 4 N–H and O–H groups in total. The number of rotatable bonds is 6. The van der Waals surface area contributed by atoms with E-state index in [0.29, 0.717) is 17.7 Å². The molecule has 0 aliphatic rings. The van der Waals surface area contributed by atoms with Crippen LogP contribution >= 0.6 is 23.6 Å². The van der Waals surface area contributed by atoms with Gasteiger partial charge < -0.3 is 5.32 Å². The van der Waals surface area contributed by atoms with Gasteiger partial charge >= 0.3 is 0 Å². The van der Waals surface area contributed by atoms with Gasteiger partial charge in [0.05, 0.1) is 0 Å². The van der Waals surface area contributed by atoms with Crippen LogP contribution in [-0.4, -0.2) is 22.8 Å². The summed E-state index contributed by atoms with van der Waals surface area (Å²) in [6, 6.07) is 10.2. The third-order valence-electron chi connectivity index (χ3n) is 3.38. The van der Waals surface area contributed by atoms with Gasteiger partial charge in [-0.25, -0.2) is 0 Å². The summed E-state index contributed by atoms with van der Waals surface area (Å²) in [5.74, 6) is -0.917. The quantitative estimate of drug-likeness (QED) is 0.330. The first-order valence-corrected chi connectivity index (χ1v) is 9.79. The lowest BCUT2D eigenvalue weighted by molar-refractivity contribution is -0.116. The van der Waals surface area contributed by atoms with E-state index in [1.807, 2.05) is 24.4 Å². The highest BCUT2D eigenvalue weighted by Crippen LogP contribution is 2.10. The smallest absolute Gasteiger partial charge is 0.269 e. The van der Waals surface area contributed by atoms with Gasteiger partial charge in [0, 0.05) is 28.6 Å². The molecule has 28 heavy (non-hydrogen) atoms. The first-order chi connectivity index (χ1) is 13.5. The zero-order valence-electron chi connectivity index (χ0n) is 15.2. The van der Waals surface area contributed by atoms with Gasteiger partial charge in [0.2, 0.25) is 11.8 Å². The van der Waals surface area contributed by atoms with Crippen molar-refractivity contribution in [1.29, 1.82) is 0 Å². The Morgan fingerprint density at radius 3 is 2.50 bits per heavy atom. The lowest BCUT2D eigenvalue weighted by atomic mass is 10.2. The van der Waals surface area contributed by atoms with E-state index in [0.717, 1.165) is 11.3 Å². The zero-order valence-corrected chi connectivity index (χ0v) is 16.8. The maximum Gasteiger partial charge on any atom is 0.269 e. The molecule has 0 radical (unpaired) electrons. The number of nitrogens with one attached hydrogen (secondary N) is 4. The minimum Gasteiger partial charge on any atom is -0.326 e. The van der Waals surface area contributed by atoms with Crippen molar-refractivity contribution in [3.05, 3.63) is 58.3 Å². The fourth-order valence-electron chi connectivity index (χ4n) is 2.07. The number of carbonyl (C=O) groups excluding carboxylic acids is 3. The maximum absolute atomic E-state index is 12.1. The van der Waals surface area contributed by atoms with Gasteiger partial charge in [0.15, 0.2) is 5.11 Å². The SMILES string of the molecule is CCCC(=O)Nc1ccc(C(=O)NNC(=S)NC(=O)C=Cc2cccs2)cc1. The molecule has 0 atom stereocenters. The topological polar surface area (TPSA) is 99.3 Å². The molecule has 0 bridgehead atoms. The molecular weight excluding hydrogens is 396 g/mol. The highest BCUT2D eigenvalue weighted by Gasteiger charge is 2.08. The second kappa shape index (κ2) is 11.0. The predicted molar refractivity (Wildman–Crippen MR) is 115 cm³/mol. The number of hydrogen-bond donors (Lipinski definition) is 4. The number of anilines is 1. The van der Waals surface area contributed by atoms with Crippen molar-refractivity contribution < 1.29 is 14.4 Å². The van der Waals surface area contributed by atoms with Gasteiger partial charge in [0.1, 0.15) is 0 Å². The Hall–Kier alpha value is -3.04. The van der Waals surface area contributed by atoms with Crippen LogP contribution in [0.4, 0.5) is 5.69 Å². The molecule has 2 aromatic rings. The van der Waals surface area contributed by atoms with Crippen LogP contribution in [0.5, 0.6) is 0 Å². The van der Waals surface area contributed by atoms with Crippen molar-refractivity contribution in [1.82, 2.24) is 16.2 Å². The molecule has 1 aromatic heterocycles. The highest BCUT2D eigenvalue weighted by molar-refractivity contribution is 7.80. The molecule has 3 amide bonds. The molecule has 7 nitrogen and oxygen atoms in total. The van der Waals surface area contributed by atoms with Crippen LogP contribution in [0.1, 0.15) is 35.0 Å². The Kier molecular flexibility index (Phi) is 8.32. The molecule has 146 valence electrons. The standard InChI is InChI=1S/C19H20N4O3S2/c1-2-4-16(24)20-14-8-6-13(7-9-14)18(26)22-23-19(27)21-17(25)11-10-15-5-3-12-28-15/h3,5-12H,2,4H2,1H3,(H,20,24)(H,22,26)(H2,21,23,25,27). The number of benzene rings is 1. The van der Waals surface area contributed by atoms with Crippen LogP contribution in [0.15, 0.2) is 47.9 Å². The second-order valence-electron chi connectivity index (χ2n) is 5.62. The van der Waals surface area contributed by atoms with Crippen molar-refractivity contribution in [2.75, 3.05) is 5.32 Å². The lowest BCUT2D eigenvalue weighted by Crippen LogP contribution is -2.48. The van der Waals surface area contributed by atoms with E-state index in [1.54, 1.807) is 30.3 Å². The summed E-state index contributed by atoms with van der Waals surface area (Å²) in [6.45, 7) is 1.92. The van der Waals surface area contributed by atoms with Crippen molar-refractivity contribution in [2.24, 2.45) is 0 Å². The van der Waals surface area contributed by atoms with E-state index in [1.165, 1.54) is 17.4 Å². The normalized spacial score (nSPS) is 10.3. The predicted octanol–water partition coefficient (Wildman–Crippen LogP) is 2.84. The van der Waals surface area contributed by atoms with Crippen LogP contribution in [0.25, 0.3) is 6.08 Å². The summed E-state index contributed by atoms with van der Waals surface area (Å²) >= 11 is 6.48. The molecule has 0 fully saturated rings. The van der Waals surface area contributed by atoms with Gasteiger partial charge in [0.25, 0.3) is 5.91 Å². The van der Waals surface area contributed by atoms with Crippen molar-refractivity contribution in [3.8, 4) is 0 Å². The summed E-state index contributed by atoms with van der Waals surface area (Å²) in [7, 11) is 0. The Morgan fingerprint density at radius 2 is 1.86 bits per heavy atom. The van der Waals surface area contributed by atoms with Crippen molar-refractivity contribution in [2.45, 2.75) is 19.8 Å². The lowest BCUT2D eigenvalue weighted by Gasteiger charge is -2.10. The maximum atomic E-state index is 12.1. The zero-order chi connectivity index (χ0) is 20.4. The summed E-state index contributed by atoms with van der Waals surface area (Å²) < 4.78 is 0. The fourth-order valence-corrected chi connectivity index (χ4v) is 2.84. The number of thiophene rings is 1. The summed E-state index contributed by atoms with van der Waals surface area (Å²) in [4.78, 5) is 36.4. The summed E-state index contributed by atoms with van der Waals surface area (Å²) in [5, 5.41) is 7.05. The molecule has 0 unspecified atom stereocenters. The van der Waals surface area contributed by atoms with E-state index in [4.69, 9.17) is 12.2 Å². The molecular formula is C19H20N4O3S2. The molecule has 1 aromatic carbocycles. The Bertz CT molecular complexity index is 862. The Labute approximate surface area is 172 Å². The number of carbonyl (C=O) groups is 3. The van der Waals surface area contributed by atoms with Gasteiger partial charge in [-0.15, -0.1) is 11.3 Å². The van der Waals surface area contributed by atoms with Crippen molar-refractivity contribution in [3.63, 3.8) is 0 Å². The molecule has 2 rings (SSSR count). The van der Waals surface area contributed by atoms with Crippen LogP contribution < -0.4 is 21.5 Å². The molecule has 0 saturated carbocycles. The number of thiocarbonyl (C=S) groups is 1. The van der Waals surface area contributed by atoms with Gasteiger partial charge in [-0.1, -0.05) is 13.0 Å². The highest BCUT2D eigenvalue weighted by atomic mass is 32.1. The molecule has 0 aliphatic heterocycles. The average Bonchev–Trinajstić information content (AvgIpc) is 3.19. The Morgan fingerprint density at radius 1 is 1.11 bits per heavy atom. The second-order valence-corrected chi connectivity index (χ2v) is 7.01. The number of amides is 3. The van der Waals surface area contributed by atoms with E-state index < -0.39 is 11.8 Å². The van der Waals surface area contributed by atoms with E-state index in [9.17, 15) is 14.4 Å². The average molecular weight is 417 g/mol. The fraction of sp³-hybridized carbons (Fsp3) is 0.158. The number of hydrogen-bond acceptors (Lipinski definition) is 5. The third kappa shape index (κ3) is 7.29. The van der Waals surface area contributed by atoms with Crippen LogP contribution in [0, 0.1) is 0 Å². The minimum absolute atomic E-state index is 0.0300. The van der Waals surface area contributed by atoms with Crippen LogP contribution in [0.2, 0.25) is 0 Å². The minimum atomic E-state index is -0.433. The first-order valence-electron chi connectivity index (χ1n) is 8.50. The van der Waals surface area contributed by atoms with Crippen LogP contribution in [0.3, 0.4) is 0 Å². The monoisotopic (exact) mass is 416 g/mol. The van der Waals surface area contributed by atoms with Gasteiger partial charge in [-0.3, -0.25) is 30.6 Å². The molecule has 0 saturated heterocycles. The largest absolute Gasteiger partial charge is 0.326 e. The van der Waals surface area contributed by atoms with E-state index >= 15 is 0 Å². The third-order valence-corrected chi connectivity index (χ3v) is 4.42. The van der Waals surface area contributed by atoms with Crippen molar-refractivity contribution >= 4 is 58.2 Å². The van der Waals surface area contributed by atoms with Gasteiger partial charge in [-0.2, -0.15) is 0 Å².